The van der Waals surface area contributed by atoms with E-state index in [0.29, 0.717) is 18.7 Å². The number of hydrogen-bond donors (Lipinski definition) is 1. The lowest BCUT2D eigenvalue weighted by atomic mass is 10.1. The number of carbonyl (C=O) groups excluding carboxylic acids is 1. The van der Waals surface area contributed by atoms with Gasteiger partial charge in [0, 0.05) is 31.5 Å². The molecular formula is C13H21N3O. The van der Waals surface area contributed by atoms with Gasteiger partial charge < -0.3 is 10.6 Å². The van der Waals surface area contributed by atoms with Crippen molar-refractivity contribution in [3.8, 4) is 0 Å². The molecule has 0 radical (unpaired) electrons. The molecule has 0 bridgehead atoms. The van der Waals surface area contributed by atoms with Crippen molar-refractivity contribution < 1.29 is 4.79 Å². The first-order valence-electron chi connectivity index (χ1n) is 6.15. The van der Waals surface area contributed by atoms with Gasteiger partial charge in [-0.05, 0) is 25.0 Å². The second-order valence-electron chi connectivity index (χ2n) is 4.00. The number of nitrogens with zero attached hydrogens (tertiary/aromatic N) is 2. The van der Waals surface area contributed by atoms with Crippen molar-refractivity contribution >= 4 is 5.91 Å². The Kier molecular flexibility index (Phi) is 5.63. The Morgan fingerprint density at radius 3 is 2.65 bits per heavy atom. The van der Waals surface area contributed by atoms with Crippen molar-refractivity contribution in [1.82, 2.24) is 9.88 Å². The van der Waals surface area contributed by atoms with E-state index in [0.717, 1.165) is 12.8 Å². The maximum absolute atomic E-state index is 12.3. The van der Waals surface area contributed by atoms with Crippen LogP contribution in [-0.4, -0.2) is 34.9 Å². The van der Waals surface area contributed by atoms with Crippen LogP contribution in [0.25, 0.3) is 0 Å². The quantitative estimate of drug-likeness (QED) is 0.816. The number of hydrogen-bond acceptors (Lipinski definition) is 3. The minimum Gasteiger partial charge on any atom is -0.334 e. The lowest BCUT2D eigenvalue weighted by molar-refractivity contribution is 0.0674. The number of aromatic nitrogens is 1. The highest BCUT2D eigenvalue weighted by Crippen LogP contribution is 2.12. The van der Waals surface area contributed by atoms with Gasteiger partial charge in [-0.3, -0.25) is 9.78 Å². The van der Waals surface area contributed by atoms with Crippen LogP contribution in [0.1, 0.15) is 37.0 Å². The van der Waals surface area contributed by atoms with Crippen LogP contribution >= 0.6 is 0 Å². The molecule has 1 heterocycles. The fourth-order valence-electron chi connectivity index (χ4n) is 1.97. The summed E-state index contributed by atoms with van der Waals surface area (Å²) in [6.07, 6.45) is 5.17. The lowest BCUT2D eigenvalue weighted by Gasteiger charge is -2.30. The van der Waals surface area contributed by atoms with Gasteiger partial charge in [0.2, 0.25) is 0 Å². The number of amides is 1. The molecular weight excluding hydrogens is 214 g/mol. The zero-order chi connectivity index (χ0) is 12.7. The molecule has 0 aliphatic carbocycles. The molecule has 2 N–H and O–H groups in total. The normalized spacial score (nSPS) is 10.6. The third kappa shape index (κ3) is 3.53. The smallest absolute Gasteiger partial charge is 0.255 e. The van der Waals surface area contributed by atoms with E-state index in [4.69, 9.17) is 5.73 Å². The number of pyridine rings is 1. The van der Waals surface area contributed by atoms with Crippen LogP contribution < -0.4 is 5.73 Å². The van der Waals surface area contributed by atoms with E-state index in [1.165, 1.54) is 0 Å². The van der Waals surface area contributed by atoms with Crippen molar-refractivity contribution in [3.05, 3.63) is 30.1 Å². The predicted molar refractivity (Wildman–Crippen MR) is 68.7 cm³/mol. The summed E-state index contributed by atoms with van der Waals surface area (Å²) in [6, 6.07) is 3.83. The molecule has 1 amide bonds. The van der Waals surface area contributed by atoms with Crippen LogP contribution in [0, 0.1) is 0 Å². The summed E-state index contributed by atoms with van der Waals surface area (Å²) in [6.45, 7) is 5.27. The highest BCUT2D eigenvalue weighted by Gasteiger charge is 2.21. The molecule has 0 atom stereocenters. The van der Waals surface area contributed by atoms with Crippen molar-refractivity contribution in [2.45, 2.75) is 32.7 Å². The Morgan fingerprint density at radius 2 is 2.18 bits per heavy atom. The maximum atomic E-state index is 12.3. The zero-order valence-electron chi connectivity index (χ0n) is 10.6. The Hall–Kier alpha value is -1.42. The standard InChI is InChI=1S/C13H21N3O/c1-3-12(4-2)16(9-7-14)13(17)11-6-5-8-15-10-11/h5-6,8,10,12H,3-4,7,9,14H2,1-2H3. The van der Waals surface area contributed by atoms with Gasteiger partial charge in [0.1, 0.15) is 0 Å². The Morgan fingerprint density at radius 1 is 1.47 bits per heavy atom. The van der Waals surface area contributed by atoms with Crippen LogP contribution in [0.5, 0.6) is 0 Å². The van der Waals surface area contributed by atoms with Crippen molar-refractivity contribution in [2.24, 2.45) is 5.73 Å². The maximum Gasteiger partial charge on any atom is 0.255 e. The minimum atomic E-state index is 0.0252. The van der Waals surface area contributed by atoms with Crippen molar-refractivity contribution in [2.75, 3.05) is 13.1 Å². The Labute approximate surface area is 103 Å². The fraction of sp³-hybridized carbons (Fsp3) is 0.538. The van der Waals surface area contributed by atoms with Gasteiger partial charge in [0.25, 0.3) is 5.91 Å². The molecule has 94 valence electrons. The minimum absolute atomic E-state index is 0.0252. The second kappa shape index (κ2) is 7.01. The number of rotatable bonds is 6. The Bertz CT molecular complexity index is 336. The van der Waals surface area contributed by atoms with Gasteiger partial charge >= 0.3 is 0 Å². The number of carbonyl (C=O) groups is 1. The highest BCUT2D eigenvalue weighted by molar-refractivity contribution is 5.94. The summed E-state index contributed by atoms with van der Waals surface area (Å²) in [7, 11) is 0. The second-order valence-corrected chi connectivity index (χ2v) is 4.00. The van der Waals surface area contributed by atoms with Crippen LogP contribution in [-0.2, 0) is 0 Å². The van der Waals surface area contributed by atoms with E-state index in [2.05, 4.69) is 18.8 Å². The third-order valence-corrected chi connectivity index (χ3v) is 2.92. The molecule has 0 aliphatic heterocycles. The zero-order valence-corrected chi connectivity index (χ0v) is 10.6. The predicted octanol–water partition coefficient (Wildman–Crippen LogP) is 1.67. The highest BCUT2D eigenvalue weighted by atomic mass is 16.2. The van der Waals surface area contributed by atoms with Crippen LogP contribution in [0.15, 0.2) is 24.5 Å². The van der Waals surface area contributed by atoms with Crippen LogP contribution in [0.2, 0.25) is 0 Å². The summed E-state index contributed by atoms with van der Waals surface area (Å²) >= 11 is 0. The summed E-state index contributed by atoms with van der Waals surface area (Å²) in [5, 5.41) is 0. The molecule has 0 aromatic carbocycles. The molecule has 0 saturated heterocycles. The average Bonchev–Trinajstić information content (AvgIpc) is 2.39. The topological polar surface area (TPSA) is 59.2 Å². The van der Waals surface area contributed by atoms with Gasteiger partial charge in [0.15, 0.2) is 0 Å². The lowest BCUT2D eigenvalue weighted by Crippen LogP contribution is -2.42. The summed E-state index contributed by atoms with van der Waals surface area (Å²) in [5.74, 6) is 0.0252. The first kappa shape index (κ1) is 13.6. The summed E-state index contributed by atoms with van der Waals surface area (Å²) < 4.78 is 0. The molecule has 0 aliphatic rings. The largest absolute Gasteiger partial charge is 0.334 e. The summed E-state index contributed by atoms with van der Waals surface area (Å²) in [5.41, 5.74) is 6.22. The van der Waals surface area contributed by atoms with E-state index in [1.807, 2.05) is 4.90 Å². The van der Waals surface area contributed by atoms with Crippen molar-refractivity contribution in [3.63, 3.8) is 0 Å². The van der Waals surface area contributed by atoms with Gasteiger partial charge in [-0.1, -0.05) is 13.8 Å². The van der Waals surface area contributed by atoms with Crippen LogP contribution in [0.4, 0.5) is 0 Å². The van der Waals surface area contributed by atoms with E-state index in [9.17, 15) is 4.79 Å². The first-order valence-corrected chi connectivity index (χ1v) is 6.15. The van der Waals surface area contributed by atoms with Gasteiger partial charge in [0.05, 0.1) is 5.56 Å². The Balaban J connectivity index is 2.87. The number of nitrogens with two attached hydrogens (primary N) is 1. The molecule has 0 fully saturated rings. The molecule has 1 aromatic rings. The molecule has 1 rings (SSSR count). The molecule has 0 spiro atoms. The average molecular weight is 235 g/mol. The van der Waals surface area contributed by atoms with E-state index >= 15 is 0 Å². The van der Waals surface area contributed by atoms with Crippen molar-refractivity contribution in [1.29, 1.82) is 0 Å². The summed E-state index contributed by atoms with van der Waals surface area (Å²) in [4.78, 5) is 18.2. The third-order valence-electron chi connectivity index (χ3n) is 2.92. The molecule has 0 unspecified atom stereocenters. The van der Waals surface area contributed by atoms with Gasteiger partial charge in [-0.2, -0.15) is 0 Å². The first-order chi connectivity index (χ1) is 8.24. The van der Waals surface area contributed by atoms with E-state index in [-0.39, 0.29) is 11.9 Å². The molecule has 1 aromatic heterocycles. The molecule has 17 heavy (non-hydrogen) atoms. The fourth-order valence-corrected chi connectivity index (χ4v) is 1.97. The van der Waals surface area contributed by atoms with E-state index in [1.54, 1.807) is 24.5 Å². The molecule has 4 heteroatoms. The SMILES string of the molecule is CCC(CC)N(CCN)C(=O)c1cccnc1. The van der Waals surface area contributed by atoms with Gasteiger partial charge in [-0.15, -0.1) is 0 Å². The molecule has 0 saturated carbocycles. The van der Waals surface area contributed by atoms with E-state index < -0.39 is 0 Å². The monoisotopic (exact) mass is 235 g/mol. The van der Waals surface area contributed by atoms with Gasteiger partial charge in [-0.25, -0.2) is 0 Å². The molecule has 4 nitrogen and oxygen atoms in total. The van der Waals surface area contributed by atoms with Crippen LogP contribution in [0.3, 0.4) is 0 Å².